The number of rotatable bonds is 4. The van der Waals surface area contributed by atoms with Crippen molar-refractivity contribution in [3.63, 3.8) is 0 Å². The van der Waals surface area contributed by atoms with Gasteiger partial charge in [-0.2, -0.15) is 0 Å². The molecule has 0 radical (unpaired) electrons. The van der Waals surface area contributed by atoms with Crippen molar-refractivity contribution in [3.8, 4) is 0 Å². The van der Waals surface area contributed by atoms with Crippen molar-refractivity contribution < 1.29 is 41.9 Å². The Morgan fingerprint density at radius 1 is 0.571 bits per heavy atom. The quantitative estimate of drug-likeness (QED) is 0.361. The fourth-order valence-electron chi connectivity index (χ4n) is 3.72. The largest absolute Gasteiger partial charge is 2.00 e. The molecule has 6 heteroatoms. The van der Waals surface area contributed by atoms with Crippen molar-refractivity contribution in [2.24, 2.45) is 9.98 Å². The Labute approximate surface area is 234 Å². The molecular weight excluding hydrogens is 517 g/mol. The Morgan fingerprint density at radius 3 is 1.26 bits per heavy atom. The third-order valence-corrected chi connectivity index (χ3v) is 5.49. The number of para-hydroxylation sites is 2. The predicted molar refractivity (Wildman–Crippen MR) is 138 cm³/mol. The van der Waals surface area contributed by atoms with Gasteiger partial charge in [0.05, 0.1) is 34.2 Å². The molecule has 1 aromatic heterocycles. The Balaban J connectivity index is 0.00000385. The number of aromatic nitrogens is 1. The smallest absolute Gasteiger partial charge is 1.00 e. The van der Waals surface area contributed by atoms with Gasteiger partial charge < -0.3 is 24.8 Å². The van der Waals surface area contributed by atoms with Gasteiger partial charge in [0.1, 0.15) is 0 Å². The summed E-state index contributed by atoms with van der Waals surface area (Å²) in [7, 11) is 0. The maximum absolute atomic E-state index is 4.94. The molecular formula is C29H35Cl2FeN3. The molecule has 0 aliphatic rings. The van der Waals surface area contributed by atoms with Gasteiger partial charge in [0.2, 0.25) is 0 Å². The first kappa shape index (κ1) is 33.0. The van der Waals surface area contributed by atoms with E-state index in [1.54, 1.807) is 0 Å². The molecule has 0 fully saturated rings. The molecule has 3 aromatic rings. The van der Waals surface area contributed by atoms with Gasteiger partial charge in [0.15, 0.2) is 0 Å². The van der Waals surface area contributed by atoms with Crippen LogP contribution in [-0.2, 0) is 27.9 Å². The summed E-state index contributed by atoms with van der Waals surface area (Å²) in [4.78, 5) is 14.8. The van der Waals surface area contributed by atoms with E-state index in [4.69, 9.17) is 15.0 Å². The molecule has 0 amide bonds. The number of hydrogen-bond acceptors (Lipinski definition) is 3. The van der Waals surface area contributed by atoms with Gasteiger partial charge >= 0.3 is 17.1 Å². The molecule has 0 N–H and O–H groups in total. The van der Waals surface area contributed by atoms with Gasteiger partial charge in [-0.1, -0.05) is 84.0 Å². The van der Waals surface area contributed by atoms with Gasteiger partial charge in [0.25, 0.3) is 0 Å². The normalized spacial score (nSPS) is 12.2. The van der Waals surface area contributed by atoms with Gasteiger partial charge in [-0.05, 0) is 60.1 Å². The van der Waals surface area contributed by atoms with E-state index in [1.807, 2.05) is 44.2 Å². The number of hydrogen-bond donors (Lipinski definition) is 0. The maximum Gasteiger partial charge on any atom is 2.00 e. The van der Waals surface area contributed by atoms with Crippen LogP contribution in [0.25, 0.3) is 0 Å². The summed E-state index contributed by atoms with van der Waals surface area (Å²) >= 11 is 0. The van der Waals surface area contributed by atoms with Crippen LogP contribution in [0, 0.1) is 0 Å². The fourth-order valence-corrected chi connectivity index (χ4v) is 3.72. The average Bonchev–Trinajstić information content (AvgIpc) is 2.73. The number of aliphatic imine (C=N–C) groups is 2. The fraction of sp³-hybridized carbons (Fsp3) is 0.345. The van der Waals surface area contributed by atoms with Crippen molar-refractivity contribution in [3.05, 3.63) is 89.2 Å². The molecule has 1 heterocycles. The molecule has 2 aromatic carbocycles. The Morgan fingerprint density at radius 2 is 0.914 bits per heavy atom. The van der Waals surface area contributed by atoms with Crippen molar-refractivity contribution in [1.29, 1.82) is 0 Å². The average molecular weight is 552 g/mol. The first-order chi connectivity index (χ1) is 15.0. The van der Waals surface area contributed by atoms with Crippen LogP contribution >= 0.6 is 0 Å². The first-order valence-electron chi connectivity index (χ1n) is 11.2. The van der Waals surface area contributed by atoms with Crippen LogP contribution < -0.4 is 24.8 Å². The molecule has 0 spiro atoms. The number of pyridine rings is 1. The molecule has 35 heavy (non-hydrogen) atoms. The molecule has 0 saturated heterocycles. The number of nitrogens with zero attached hydrogens (tertiary/aromatic N) is 3. The second-order valence-electron chi connectivity index (χ2n) is 10.3. The second kappa shape index (κ2) is 13.4. The van der Waals surface area contributed by atoms with Crippen molar-refractivity contribution in [2.45, 2.75) is 66.2 Å². The molecule has 0 aliphatic carbocycles. The van der Waals surface area contributed by atoms with Crippen LogP contribution in [0.15, 0.2) is 76.7 Å². The summed E-state index contributed by atoms with van der Waals surface area (Å²) in [5.41, 5.74) is 8.02. The van der Waals surface area contributed by atoms with E-state index in [0.29, 0.717) is 0 Å². The first-order valence-corrected chi connectivity index (χ1v) is 11.2. The van der Waals surface area contributed by atoms with Crippen LogP contribution in [0.4, 0.5) is 11.4 Å². The van der Waals surface area contributed by atoms with Crippen LogP contribution in [0.5, 0.6) is 0 Å². The van der Waals surface area contributed by atoms with Gasteiger partial charge in [-0.25, -0.2) is 4.98 Å². The molecule has 0 saturated carbocycles. The summed E-state index contributed by atoms with van der Waals surface area (Å²) in [6, 6.07) is 22.7. The van der Waals surface area contributed by atoms with E-state index in [9.17, 15) is 0 Å². The van der Waals surface area contributed by atoms with Crippen LogP contribution in [0.2, 0.25) is 0 Å². The Kier molecular flexibility index (Phi) is 12.6. The standard InChI is InChI=1S/C29H35N3.2ClH.Fe/c1-20(30-26-16-11-9-14-22(26)28(3,4)5)24-18-13-19-25(32-24)21(2)31-27-17-12-10-15-23(27)29(6,7)8;;;/h9-19H,1-8H3;2*1H;/q;;;+2/p-2. The zero-order valence-electron chi connectivity index (χ0n) is 21.8. The third kappa shape index (κ3) is 8.58. The molecule has 3 rings (SSSR count). The summed E-state index contributed by atoms with van der Waals surface area (Å²) in [6.07, 6.45) is 0. The zero-order chi connectivity index (χ0) is 23.5. The predicted octanol–water partition coefficient (Wildman–Crippen LogP) is 1.96. The van der Waals surface area contributed by atoms with Gasteiger partial charge in [-0.15, -0.1) is 0 Å². The van der Waals surface area contributed by atoms with Crippen molar-refractivity contribution >= 4 is 22.8 Å². The SMILES string of the molecule is CC(=Nc1ccccc1C(C)(C)C)c1cccc(C(C)=Nc2ccccc2C(C)(C)C)n1.[Cl-].[Cl-].[Fe+2]. The Hall–Kier alpha value is -1.97. The van der Waals surface area contributed by atoms with Crippen molar-refractivity contribution in [1.82, 2.24) is 4.98 Å². The zero-order valence-corrected chi connectivity index (χ0v) is 24.4. The Bertz CT molecular complexity index is 1080. The second-order valence-corrected chi connectivity index (χ2v) is 10.3. The molecule has 3 nitrogen and oxygen atoms in total. The van der Waals surface area contributed by atoms with E-state index in [2.05, 4.69) is 77.9 Å². The van der Waals surface area contributed by atoms with Crippen LogP contribution in [-0.4, -0.2) is 16.4 Å². The number of halogens is 2. The van der Waals surface area contributed by atoms with Crippen LogP contribution in [0.3, 0.4) is 0 Å². The maximum atomic E-state index is 4.94. The molecule has 0 unspecified atom stereocenters. The monoisotopic (exact) mass is 551 g/mol. The van der Waals surface area contributed by atoms with Crippen molar-refractivity contribution in [2.75, 3.05) is 0 Å². The minimum atomic E-state index is 0. The van der Waals surface area contributed by atoms with Crippen LogP contribution in [0.1, 0.15) is 77.9 Å². The summed E-state index contributed by atoms with van der Waals surface area (Å²) in [5, 5.41) is 0. The molecule has 0 atom stereocenters. The summed E-state index contributed by atoms with van der Waals surface area (Å²) in [6.45, 7) is 17.3. The van der Waals surface area contributed by atoms with E-state index in [-0.39, 0.29) is 52.7 Å². The van der Waals surface area contributed by atoms with Gasteiger partial charge in [0, 0.05) is 0 Å². The molecule has 0 aliphatic heterocycles. The topological polar surface area (TPSA) is 37.6 Å². The molecule has 188 valence electrons. The van der Waals surface area contributed by atoms with E-state index in [0.717, 1.165) is 34.2 Å². The number of benzene rings is 2. The molecule has 0 bridgehead atoms. The summed E-state index contributed by atoms with van der Waals surface area (Å²) < 4.78 is 0. The minimum absolute atomic E-state index is 0. The minimum Gasteiger partial charge on any atom is -1.00 e. The van der Waals surface area contributed by atoms with E-state index in [1.165, 1.54) is 11.1 Å². The summed E-state index contributed by atoms with van der Waals surface area (Å²) in [5.74, 6) is 0. The third-order valence-electron chi connectivity index (χ3n) is 5.49. The van der Waals surface area contributed by atoms with Gasteiger partial charge in [-0.3, -0.25) is 9.98 Å². The van der Waals surface area contributed by atoms with E-state index < -0.39 is 0 Å². The van der Waals surface area contributed by atoms with E-state index >= 15 is 0 Å².